The molecule has 1 aromatic rings. The van der Waals surface area contributed by atoms with Gasteiger partial charge in [-0.25, -0.2) is 0 Å². The van der Waals surface area contributed by atoms with Gasteiger partial charge in [-0.05, 0) is 44.0 Å². The van der Waals surface area contributed by atoms with Crippen LogP contribution in [0.5, 0.6) is 0 Å². The summed E-state index contributed by atoms with van der Waals surface area (Å²) in [5.74, 6) is -0.0357. The third kappa shape index (κ3) is 3.02. The molecule has 0 aromatic heterocycles. The zero-order valence-corrected chi connectivity index (χ0v) is 13.1. The number of nitriles is 1. The van der Waals surface area contributed by atoms with Crippen LogP contribution in [0.4, 0.5) is 5.69 Å². The summed E-state index contributed by atoms with van der Waals surface area (Å²) in [5, 5.41) is 15.4. The van der Waals surface area contributed by atoms with Crippen molar-refractivity contribution in [2.45, 2.75) is 38.1 Å². The summed E-state index contributed by atoms with van der Waals surface area (Å²) in [6.45, 7) is 2.95. The average Bonchev–Trinajstić information content (AvgIpc) is 2.89. The lowest BCUT2D eigenvalue weighted by Gasteiger charge is -2.28. The average molecular weight is 336 g/mol. The van der Waals surface area contributed by atoms with E-state index in [-0.39, 0.29) is 5.91 Å². The van der Waals surface area contributed by atoms with Crippen molar-refractivity contribution in [3.63, 3.8) is 0 Å². The maximum absolute atomic E-state index is 12.6. The number of halogens is 1. The van der Waals surface area contributed by atoms with E-state index in [1.807, 2.05) is 0 Å². The number of amides is 1. The summed E-state index contributed by atoms with van der Waals surface area (Å²) in [6.07, 6.45) is 3.62. The Kier molecular flexibility index (Phi) is 4.79. The highest BCUT2D eigenvalue weighted by Gasteiger charge is 2.40. The lowest BCUT2D eigenvalue weighted by molar-refractivity contribution is -0.122. The van der Waals surface area contributed by atoms with Crippen molar-refractivity contribution in [3.05, 3.63) is 28.2 Å². The number of nitrogens with one attached hydrogen (secondary N) is 2. The number of carbonyl (C=O) groups excluding carboxylic acids is 1. The SMILES string of the molecule is CCCC1(C(=O)Nc2cc(Br)ccc2C#N)CCCN1. The summed E-state index contributed by atoms with van der Waals surface area (Å²) >= 11 is 3.37. The molecule has 1 aromatic carbocycles. The van der Waals surface area contributed by atoms with Gasteiger partial charge in [0, 0.05) is 4.47 Å². The predicted octanol–water partition coefficient (Wildman–Crippen LogP) is 3.18. The lowest BCUT2D eigenvalue weighted by Crippen LogP contribution is -2.50. The monoisotopic (exact) mass is 335 g/mol. The van der Waals surface area contributed by atoms with Crippen LogP contribution in [0.25, 0.3) is 0 Å². The molecule has 2 rings (SSSR count). The maximum atomic E-state index is 12.6. The molecule has 1 amide bonds. The summed E-state index contributed by atoms with van der Waals surface area (Å²) < 4.78 is 0.843. The molecule has 5 heteroatoms. The van der Waals surface area contributed by atoms with E-state index in [4.69, 9.17) is 5.26 Å². The standard InChI is InChI=1S/C15H18BrN3O/c1-2-6-15(7-3-8-18-15)14(20)19-13-9-12(16)5-4-11(13)10-17/h4-5,9,18H,2-3,6-8H2,1H3,(H,19,20). The maximum Gasteiger partial charge on any atom is 0.244 e. The van der Waals surface area contributed by atoms with Crippen molar-refractivity contribution in [3.8, 4) is 6.07 Å². The van der Waals surface area contributed by atoms with Crippen molar-refractivity contribution in [2.75, 3.05) is 11.9 Å². The topological polar surface area (TPSA) is 64.9 Å². The van der Waals surface area contributed by atoms with Crippen LogP contribution in [-0.2, 0) is 4.79 Å². The van der Waals surface area contributed by atoms with Gasteiger partial charge < -0.3 is 10.6 Å². The molecule has 1 aliphatic rings. The molecular weight excluding hydrogens is 318 g/mol. The largest absolute Gasteiger partial charge is 0.323 e. The molecule has 1 saturated heterocycles. The Morgan fingerprint density at radius 2 is 2.40 bits per heavy atom. The zero-order valence-electron chi connectivity index (χ0n) is 11.5. The Labute approximate surface area is 127 Å². The smallest absolute Gasteiger partial charge is 0.244 e. The molecule has 106 valence electrons. The third-order valence-electron chi connectivity index (χ3n) is 3.71. The van der Waals surface area contributed by atoms with E-state index >= 15 is 0 Å². The van der Waals surface area contributed by atoms with Crippen LogP contribution < -0.4 is 10.6 Å². The summed E-state index contributed by atoms with van der Waals surface area (Å²) in [4.78, 5) is 12.6. The van der Waals surface area contributed by atoms with Gasteiger partial charge >= 0.3 is 0 Å². The van der Waals surface area contributed by atoms with E-state index in [1.165, 1.54) is 0 Å². The van der Waals surface area contributed by atoms with Crippen LogP contribution in [-0.4, -0.2) is 18.0 Å². The minimum absolute atomic E-state index is 0.0357. The van der Waals surface area contributed by atoms with Gasteiger partial charge in [0.2, 0.25) is 5.91 Å². The Morgan fingerprint density at radius 3 is 3.00 bits per heavy atom. The molecule has 0 radical (unpaired) electrons. The van der Waals surface area contributed by atoms with Gasteiger partial charge in [-0.1, -0.05) is 29.3 Å². The van der Waals surface area contributed by atoms with Crippen LogP contribution >= 0.6 is 15.9 Å². The van der Waals surface area contributed by atoms with E-state index in [2.05, 4.69) is 39.6 Å². The Hall–Kier alpha value is -1.38. The van der Waals surface area contributed by atoms with E-state index in [1.54, 1.807) is 18.2 Å². The second kappa shape index (κ2) is 6.38. The number of hydrogen-bond acceptors (Lipinski definition) is 3. The molecule has 0 aliphatic carbocycles. The van der Waals surface area contributed by atoms with Gasteiger partial charge in [0.1, 0.15) is 6.07 Å². The summed E-state index contributed by atoms with van der Waals surface area (Å²) in [7, 11) is 0. The van der Waals surface area contributed by atoms with Crippen molar-refractivity contribution in [2.24, 2.45) is 0 Å². The number of anilines is 1. The number of rotatable bonds is 4. The fourth-order valence-electron chi connectivity index (χ4n) is 2.71. The number of benzene rings is 1. The van der Waals surface area contributed by atoms with Crippen LogP contribution in [0, 0.1) is 11.3 Å². The van der Waals surface area contributed by atoms with E-state index in [0.29, 0.717) is 11.3 Å². The van der Waals surface area contributed by atoms with Crippen molar-refractivity contribution in [1.29, 1.82) is 5.26 Å². The molecule has 0 saturated carbocycles. The molecule has 1 fully saturated rings. The fraction of sp³-hybridized carbons (Fsp3) is 0.467. The molecule has 0 bridgehead atoms. The highest BCUT2D eigenvalue weighted by atomic mass is 79.9. The summed E-state index contributed by atoms with van der Waals surface area (Å²) in [5.41, 5.74) is 0.561. The van der Waals surface area contributed by atoms with Gasteiger partial charge in [0.25, 0.3) is 0 Å². The molecule has 1 aliphatic heterocycles. The first-order valence-electron chi connectivity index (χ1n) is 6.87. The van der Waals surface area contributed by atoms with Crippen molar-refractivity contribution in [1.82, 2.24) is 5.32 Å². The van der Waals surface area contributed by atoms with Crippen LogP contribution in [0.2, 0.25) is 0 Å². The first-order valence-corrected chi connectivity index (χ1v) is 7.67. The highest BCUT2D eigenvalue weighted by molar-refractivity contribution is 9.10. The summed E-state index contributed by atoms with van der Waals surface area (Å²) in [6, 6.07) is 7.37. The molecule has 4 nitrogen and oxygen atoms in total. The predicted molar refractivity (Wildman–Crippen MR) is 82.4 cm³/mol. The Bertz CT molecular complexity index is 545. The zero-order chi connectivity index (χ0) is 14.6. The molecule has 1 heterocycles. The van der Waals surface area contributed by atoms with Crippen molar-refractivity contribution >= 4 is 27.5 Å². The first-order chi connectivity index (χ1) is 9.61. The Morgan fingerprint density at radius 1 is 1.60 bits per heavy atom. The minimum Gasteiger partial charge on any atom is -0.323 e. The first kappa shape index (κ1) is 15.0. The van der Waals surface area contributed by atoms with Gasteiger partial charge in [0.15, 0.2) is 0 Å². The Balaban J connectivity index is 2.23. The number of hydrogen-bond donors (Lipinski definition) is 2. The quantitative estimate of drug-likeness (QED) is 0.888. The van der Waals surface area contributed by atoms with Gasteiger partial charge in [-0.3, -0.25) is 4.79 Å². The van der Waals surface area contributed by atoms with Crippen molar-refractivity contribution < 1.29 is 4.79 Å². The highest BCUT2D eigenvalue weighted by Crippen LogP contribution is 2.28. The molecule has 0 spiro atoms. The minimum atomic E-state index is -0.482. The van der Waals surface area contributed by atoms with Crippen LogP contribution in [0.3, 0.4) is 0 Å². The van der Waals surface area contributed by atoms with Crippen LogP contribution in [0.15, 0.2) is 22.7 Å². The fourth-order valence-corrected chi connectivity index (χ4v) is 3.07. The molecule has 1 atom stereocenters. The second-order valence-corrected chi connectivity index (χ2v) is 6.03. The van der Waals surface area contributed by atoms with E-state index in [0.717, 1.165) is 36.7 Å². The van der Waals surface area contributed by atoms with Gasteiger partial charge in [-0.2, -0.15) is 5.26 Å². The molecule has 2 N–H and O–H groups in total. The normalized spacial score (nSPS) is 21.4. The molecular formula is C15H18BrN3O. The van der Waals surface area contributed by atoms with Gasteiger partial charge in [-0.15, -0.1) is 0 Å². The van der Waals surface area contributed by atoms with Gasteiger partial charge in [0.05, 0.1) is 16.8 Å². The van der Waals surface area contributed by atoms with E-state index in [9.17, 15) is 4.79 Å². The third-order valence-corrected chi connectivity index (χ3v) is 4.20. The number of carbonyl (C=O) groups is 1. The van der Waals surface area contributed by atoms with Crippen LogP contribution in [0.1, 0.15) is 38.2 Å². The number of nitrogens with zero attached hydrogens (tertiary/aromatic N) is 1. The molecule has 20 heavy (non-hydrogen) atoms. The lowest BCUT2D eigenvalue weighted by atomic mass is 9.90. The van der Waals surface area contributed by atoms with E-state index < -0.39 is 5.54 Å². The molecule has 1 unspecified atom stereocenters. The second-order valence-electron chi connectivity index (χ2n) is 5.12.